The monoisotopic (exact) mass is 425 g/mol. The van der Waals surface area contributed by atoms with Gasteiger partial charge >= 0.3 is 0 Å². The maximum absolute atomic E-state index is 13.1. The first-order valence-electron chi connectivity index (χ1n) is 9.35. The van der Waals surface area contributed by atoms with Gasteiger partial charge in [-0.05, 0) is 36.4 Å². The molecule has 0 aromatic heterocycles. The van der Waals surface area contributed by atoms with Crippen LogP contribution in [0.3, 0.4) is 0 Å². The van der Waals surface area contributed by atoms with Gasteiger partial charge in [-0.1, -0.05) is 6.07 Å². The van der Waals surface area contributed by atoms with Crippen LogP contribution in [-0.4, -0.2) is 69.7 Å². The topological polar surface area (TPSA) is 54.4 Å². The number of hydrogen-bond acceptors (Lipinski definition) is 6. The summed E-state index contributed by atoms with van der Waals surface area (Å²) in [5.74, 6) is 1.41. The number of halogens is 2. The minimum absolute atomic E-state index is 0. The highest BCUT2D eigenvalue weighted by Gasteiger charge is 2.21. The van der Waals surface area contributed by atoms with Crippen molar-refractivity contribution < 1.29 is 36.1 Å². The van der Waals surface area contributed by atoms with Gasteiger partial charge in [0.2, 0.25) is 5.75 Å². The van der Waals surface area contributed by atoms with Crippen molar-refractivity contribution in [3.63, 3.8) is 0 Å². The number of β-amino-alcohol motifs (C(OH)–C–C–N with tert-alkyl or cyclic N) is 1. The van der Waals surface area contributed by atoms with Crippen LogP contribution >= 0.6 is 0 Å². The van der Waals surface area contributed by atoms with Crippen molar-refractivity contribution in [1.29, 1.82) is 0 Å². The number of para-hydroxylation sites is 1. The molecule has 160 valence electrons. The molecule has 29 heavy (non-hydrogen) atoms. The van der Waals surface area contributed by atoms with Crippen molar-refractivity contribution in [2.75, 3.05) is 58.5 Å². The molecule has 1 aliphatic rings. The van der Waals surface area contributed by atoms with Crippen molar-refractivity contribution in [3.8, 4) is 17.2 Å². The molecule has 3 rings (SSSR count). The van der Waals surface area contributed by atoms with Crippen LogP contribution in [0.2, 0.25) is 0 Å². The Morgan fingerprint density at radius 2 is 1.55 bits per heavy atom. The summed E-state index contributed by atoms with van der Waals surface area (Å²) in [5, 5.41) is 10.4. The van der Waals surface area contributed by atoms with Crippen LogP contribution in [-0.2, 0) is 0 Å². The number of ether oxygens (including phenoxy) is 3. The standard InChI is InChI=1S/C21H27FN2O4.ClH/c1-26-19-4-3-5-20(27-2)21(19)28-15-18(25)14-23-10-12-24(13-11-23)17-8-6-16(22)7-9-17;/h3-9,18,25H,10-15H2,1-2H3;1H/p-1. The molecule has 1 unspecified atom stereocenters. The summed E-state index contributed by atoms with van der Waals surface area (Å²) in [7, 11) is 3.14. The smallest absolute Gasteiger partial charge is 0.203 e. The first-order chi connectivity index (χ1) is 13.6. The van der Waals surface area contributed by atoms with E-state index in [1.165, 1.54) is 12.1 Å². The number of aliphatic hydroxyl groups is 1. The molecule has 0 saturated carbocycles. The minimum atomic E-state index is -0.632. The van der Waals surface area contributed by atoms with Gasteiger partial charge in [-0.2, -0.15) is 0 Å². The van der Waals surface area contributed by atoms with E-state index in [1.54, 1.807) is 38.5 Å². The van der Waals surface area contributed by atoms with Gasteiger partial charge in [-0.25, -0.2) is 4.39 Å². The van der Waals surface area contributed by atoms with Crippen molar-refractivity contribution in [1.82, 2.24) is 4.90 Å². The highest BCUT2D eigenvalue weighted by atomic mass is 35.5. The first-order valence-corrected chi connectivity index (χ1v) is 9.35. The summed E-state index contributed by atoms with van der Waals surface area (Å²) in [4.78, 5) is 4.42. The normalized spacial score (nSPS) is 15.4. The molecule has 2 aromatic carbocycles. The zero-order chi connectivity index (χ0) is 19.9. The van der Waals surface area contributed by atoms with Crippen LogP contribution in [0.5, 0.6) is 17.2 Å². The van der Waals surface area contributed by atoms with E-state index in [0.717, 1.165) is 31.9 Å². The van der Waals surface area contributed by atoms with E-state index in [-0.39, 0.29) is 24.8 Å². The van der Waals surface area contributed by atoms with Gasteiger partial charge in [0.1, 0.15) is 18.5 Å². The Balaban J connectivity index is 0.00000300. The molecule has 1 atom stereocenters. The van der Waals surface area contributed by atoms with Crippen LogP contribution in [0.25, 0.3) is 0 Å². The summed E-state index contributed by atoms with van der Waals surface area (Å²) in [6.45, 7) is 3.99. The molecular weight excluding hydrogens is 399 g/mol. The van der Waals surface area contributed by atoms with E-state index < -0.39 is 6.10 Å². The lowest BCUT2D eigenvalue weighted by Gasteiger charge is -2.36. The van der Waals surface area contributed by atoms with E-state index in [1.807, 2.05) is 6.07 Å². The summed E-state index contributed by atoms with van der Waals surface area (Å²) >= 11 is 0. The van der Waals surface area contributed by atoms with Gasteiger partial charge in [-0.15, -0.1) is 0 Å². The third-order valence-corrected chi connectivity index (χ3v) is 4.84. The van der Waals surface area contributed by atoms with Gasteiger partial charge in [0.25, 0.3) is 0 Å². The summed E-state index contributed by atoms with van der Waals surface area (Å²) in [5.41, 5.74) is 1.02. The molecule has 1 N–H and O–H groups in total. The Morgan fingerprint density at radius 1 is 0.966 bits per heavy atom. The third-order valence-electron chi connectivity index (χ3n) is 4.84. The van der Waals surface area contributed by atoms with Crippen molar-refractivity contribution in [2.24, 2.45) is 0 Å². The van der Waals surface area contributed by atoms with Crippen LogP contribution < -0.4 is 31.5 Å². The molecule has 6 nitrogen and oxygen atoms in total. The number of aliphatic hydroxyl groups excluding tert-OH is 1. The van der Waals surface area contributed by atoms with Crippen LogP contribution in [0, 0.1) is 5.82 Å². The van der Waals surface area contributed by atoms with E-state index in [0.29, 0.717) is 23.8 Å². The fourth-order valence-corrected chi connectivity index (χ4v) is 3.33. The second-order valence-electron chi connectivity index (χ2n) is 6.72. The predicted molar refractivity (Wildman–Crippen MR) is 106 cm³/mol. The number of nitrogens with zero attached hydrogens (tertiary/aromatic N) is 2. The Hall–Kier alpha value is -2.22. The summed E-state index contributed by atoms with van der Waals surface area (Å²) < 4.78 is 29.5. The SMILES string of the molecule is COc1cccc(OC)c1OCC(O)CN1CCN(c2ccc(F)cc2)CC1.[Cl-]. The molecule has 2 aromatic rings. The summed E-state index contributed by atoms with van der Waals surface area (Å²) in [6, 6.07) is 12.0. The lowest BCUT2D eigenvalue weighted by molar-refractivity contribution is -0.00000936. The fraction of sp³-hybridized carbons (Fsp3) is 0.429. The molecule has 1 heterocycles. The number of hydrogen-bond donors (Lipinski definition) is 1. The fourth-order valence-electron chi connectivity index (χ4n) is 3.33. The molecule has 1 aliphatic heterocycles. The first kappa shape index (κ1) is 23.1. The number of methoxy groups -OCH3 is 2. The molecule has 8 heteroatoms. The second kappa shape index (κ2) is 11.1. The van der Waals surface area contributed by atoms with Gasteiger partial charge in [0.15, 0.2) is 11.5 Å². The van der Waals surface area contributed by atoms with Crippen molar-refractivity contribution >= 4 is 5.69 Å². The molecule has 0 bridgehead atoms. The van der Waals surface area contributed by atoms with Gasteiger partial charge in [0, 0.05) is 38.4 Å². The zero-order valence-corrected chi connectivity index (χ0v) is 17.4. The maximum atomic E-state index is 13.1. The number of anilines is 1. The van der Waals surface area contributed by atoms with Gasteiger partial charge in [0.05, 0.1) is 14.2 Å². The molecule has 0 aliphatic carbocycles. The Kier molecular flexibility index (Phi) is 8.82. The minimum Gasteiger partial charge on any atom is -1.00 e. The molecule has 1 fully saturated rings. The lowest BCUT2D eigenvalue weighted by atomic mass is 10.2. The van der Waals surface area contributed by atoms with E-state index in [9.17, 15) is 9.50 Å². The molecular formula is C21H27ClFN2O4-. The Bertz CT molecular complexity index is 733. The van der Waals surface area contributed by atoms with E-state index in [2.05, 4.69) is 9.80 Å². The second-order valence-corrected chi connectivity index (χ2v) is 6.72. The molecule has 0 amide bonds. The van der Waals surface area contributed by atoms with Gasteiger partial charge < -0.3 is 36.6 Å². The lowest BCUT2D eigenvalue weighted by Crippen LogP contribution is -3.00. The molecule has 0 spiro atoms. The zero-order valence-electron chi connectivity index (χ0n) is 16.7. The molecule has 0 radical (unpaired) electrons. The third kappa shape index (κ3) is 6.13. The number of piperazine rings is 1. The molecule has 1 saturated heterocycles. The predicted octanol–water partition coefficient (Wildman–Crippen LogP) is -0.591. The van der Waals surface area contributed by atoms with Crippen LogP contribution in [0.15, 0.2) is 42.5 Å². The average Bonchev–Trinajstić information content (AvgIpc) is 2.73. The summed E-state index contributed by atoms with van der Waals surface area (Å²) in [6.07, 6.45) is -0.632. The van der Waals surface area contributed by atoms with Crippen molar-refractivity contribution in [3.05, 3.63) is 48.3 Å². The Morgan fingerprint density at radius 3 is 2.10 bits per heavy atom. The maximum Gasteiger partial charge on any atom is 0.203 e. The average molecular weight is 426 g/mol. The van der Waals surface area contributed by atoms with Gasteiger partial charge in [-0.3, -0.25) is 4.90 Å². The largest absolute Gasteiger partial charge is 1.00 e. The Labute approximate surface area is 177 Å². The highest BCUT2D eigenvalue weighted by Crippen LogP contribution is 2.36. The quantitative estimate of drug-likeness (QED) is 0.610. The van der Waals surface area contributed by atoms with Crippen molar-refractivity contribution in [2.45, 2.75) is 6.10 Å². The number of benzene rings is 2. The van der Waals surface area contributed by atoms with Crippen LogP contribution in [0.1, 0.15) is 0 Å². The highest BCUT2D eigenvalue weighted by molar-refractivity contribution is 5.51. The van der Waals surface area contributed by atoms with E-state index >= 15 is 0 Å². The number of rotatable bonds is 8. The van der Waals surface area contributed by atoms with Crippen LogP contribution in [0.4, 0.5) is 10.1 Å². The van der Waals surface area contributed by atoms with E-state index in [4.69, 9.17) is 14.2 Å².